The summed E-state index contributed by atoms with van der Waals surface area (Å²) in [4.78, 5) is 1.81. The molecule has 0 amide bonds. The van der Waals surface area contributed by atoms with Crippen LogP contribution in [0, 0.1) is 11.6 Å². The SMILES string of the molecule is Nc1cc(F)c(N(Cc2ccsc2)C2CC2)c(F)c1. The highest BCUT2D eigenvalue weighted by Crippen LogP contribution is 2.37. The predicted octanol–water partition coefficient (Wildman–Crippen LogP) is 3.78. The van der Waals surface area contributed by atoms with Crippen LogP contribution in [0.4, 0.5) is 20.2 Å². The third-order valence-electron chi connectivity index (χ3n) is 3.25. The lowest BCUT2D eigenvalue weighted by molar-refractivity contribution is 0.569. The number of thiophene rings is 1. The van der Waals surface area contributed by atoms with Crippen molar-refractivity contribution in [2.45, 2.75) is 25.4 Å². The van der Waals surface area contributed by atoms with Gasteiger partial charge in [-0.15, -0.1) is 0 Å². The van der Waals surface area contributed by atoms with Crippen molar-refractivity contribution in [2.75, 3.05) is 10.6 Å². The van der Waals surface area contributed by atoms with E-state index in [2.05, 4.69) is 0 Å². The Morgan fingerprint density at radius 1 is 1.26 bits per heavy atom. The Labute approximate surface area is 114 Å². The second-order valence-electron chi connectivity index (χ2n) is 4.82. The minimum atomic E-state index is -0.584. The first kappa shape index (κ1) is 12.4. The Hall–Kier alpha value is -1.62. The van der Waals surface area contributed by atoms with E-state index in [4.69, 9.17) is 5.73 Å². The van der Waals surface area contributed by atoms with Gasteiger partial charge in [0.05, 0.1) is 0 Å². The van der Waals surface area contributed by atoms with E-state index < -0.39 is 11.6 Å². The standard InChI is InChI=1S/C14H14F2N2S/c15-12-5-10(17)6-13(16)14(12)18(11-1-2-11)7-9-3-4-19-8-9/h3-6,8,11H,1-2,7,17H2. The van der Waals surface area contributed by atoms with Crippen LogP contribution >= 0.6 is 11.3 Å². The summed E-state index contributed by atoms with van der Waals surface area (Å²) in [6.07, 6.45) is 1.96. The second kappa shape index (κ2) is 4.81. The molecule has 0 spiro atoms. The van der Waals surface area contributed by atoms with Crippen LogP contribution in [-0.2, 0) is 6.54 Å². The molecule has 2 aromatic rings. The van der Waals surface area contributed by atoms with Crippen molar-refractivity contribution in [3.8, 4) is 0 Å². The summed E-state index contributed by atoms with van der Waals surface area (Å²) < 4.78 is 28.0. The van der Waals surface area contributed by atoms with Gasteiger partial charge in [-0.25, -0.2) is 8.78 Å². The molecule has 0 unspecified atom stereocenters. The Kier molecular flexibility index (Phi) is 3.14. The number of anilines is 2. The van der Waals surface area contributed by atoms with Crippen LogP contribution in [-0.4, -0.2) is 6.04 Å². The number of hydrogen-bond donors (Lipinski definition) is 1. The van der Waals surface area contributed by atoms with Gasteiger partial charge in [-0.05, 0) is 47.4 Å². The molecule has 1 aliphatic carbocycles. The number of benzene rings is 1. The van der Waals surface area contributed by atoms with Gasteiger partial charge in [0.1, 0.15) is 5.69 Å². The summed E-state index contributed by atoms with van der Waals surface area (Å²) in [6, 6.07) is 4.57. The van der Waals surface area contributed by atoms with Crippen molar-refractivity contribution in [3.05, 3.63) is 46.2 Å². The van der Waals surface area contributed by atoms with Crippen molar-refractivity contribution in [1.82, 2.24) is 0 Å². The van der Waals surface area contributed by atoms with Crippen LogP contribution in [0.25, 0.3) is 0 Å². The first-order valence-corrected chi connectivity index (χ1v) is 7.11. The van der Waals surface area contributed by atoms with Crippen LogP contribution in [0.15, 0.2) is 29.0 Å². The van der Waals surface area contributed by atoms with Gasteiger partial charge in [0.2, 0.25) is 0 Å². The summed E-state index contributed by atoms with van der Waals surface area (Å²) in [7, 11) is 0. The number of nitrogen functional groups attached to an aromatic ring is 1. The molecular formula is C14H14F2N2S. The number of nitrogens with zero attached hydrogens (tertiary/aromatic N) is 1. The zero-order valence-electron chi connectivity index (χ0n) is 10.3. The quantitative estimate of drug-likeness (QED) is 0.864. The monoisotopic (exact) mass is 280 g/mol. The fourth-order valence-corrected chi connectivity index (χ4v) is 2.88. The van der Waals surface area contributed by atoms with E-state index in [1.165, 1.54) is 12.1 Å². The first-order chi connectivity index (χ1) is 9.15. The molecule has 0 aliphatic heterocycles. The van der Waals surface area contributed by atoms with Crippen molar-refractivity contribution >= 4 is 22.7 Å². The summed E-state index contributed by atoms with van der Waals surface area (Å²) in [5, 5.41) is 3.97. The molecular weight excluding hydrogens is 266 g/mol. The second-order valence-corrected chi connectivity index (χ2v) is 5.60. The minimum Gasteiger partial charge on any atom is -0.399 e. The molecule has 100 valence electrons. The molecule has 0 atom stereocenters. The van der Waals surface area contributed by atoms with Crippen LogP contribution in [0.5, 0.6) is 0 Å². The van der Waals surface area contributed by atoms with Crippen LogP contribution in [0.1, 0.15) is 18.4 Å². The van der Waals surface area contributed by atoms with Gasteiger partial charge in [-0.2, -0.15) is 11.3 Å². The highest BCUT2D eigenvalue weighted by Gasteiger charge is 2.32. The van der Waals surface area contributed by atoms with Gasteiger partial charge in [0.25, 0.3) is 0 Å². The molecule has 1 saturated carbocycles. The lowest BCUT2D eigenvalue weighted by Gasteiger charge is -2.25. The maximum Gasteiger partial charge on any atom is 0.151 e. The molecule has 1 aromatic heterocycles. The van der Waals surface area contributed by atoms with E-state index in [-0.39, 0.29) is 17.4 Å². The molecule has 19 heavy (non-hydrogen) atoms. The van der Waals surface area contributed by atoms with Gasteiger partial charge in [-0.3, -0.25) is 0 Å². The summed E-state index contributed by atoms with van der Waals surface area (Å²) in [6.45, 7) is 0.534. The van der Waals surface area contributed by atoms with Crippen LogP contribution in [0.2, 0.25) is 0 Å². The van der Waals surface area contributed by atoms with Gasteiger partial charge >= 0.3 is 0 Å². The van der Waals surface area contributed by atoms with E-state index in [0.717, 1.165) is 18.4 Å². The smallest absolute Gasteiger partial charge is 0.151 e. The van der Waals surface area contributed by atoms with Crippen molar-refractivity contribution in [1.29, 1.82) is 0 Å². The normalized spacial score (nSPS) is 14.6. The number of halogens is 2. The van der Waals surface area contributed by atoms with Crippen molar-refractivity contribution < 1.29 is 8.78 Å². The van der Waals surface area contributed by atoms with E-state index in [1.54, 1.807) is 11.3 Å². The number of hydrogen-bond acceptors (Lipinski definition) is 3. The van der Waals surface area contributed by atoms with Crippen molar-refractivity contribution in [2.24, 2.45) is 0 Å². The fourth-order valence-electron chi connectivity index (χ4n) is 2.22. The molecule has 0 radical (unpaired) electrons. The molecule has 1 fully saturated rings. The average molecular weight is 280 g/mol. The molecule has 3 rings (SSSR count). The fraction of sp³-hybridized carbons (Fsp3) is 0.286. The first-order valence-electron chi connectivity index (χ1n) is 6.17. The molecule has 5 heteroatoms. The van der Waals surface area contributed by atoms with Gasteiger partial charge < -0.3 is 10.6 Å². The Morgan fingerprint density at radius 3 is 2.47 bits per heavy atom. The van der Waals surface area contributed by atoms with Crippen LogP contribution < -0.4 is 10.6 Å². The maximum atomic E-state index is 14.0. The topological polar surface area (TPSA) is 29.3 Å². The maximum absolute atomic E-state index is 14.0. The van der Waals surface area contributed by atoms with E-state index in [0.29, 0.717) is 6.54 Å². The Morgan fingerprint density at radius 2 is 1.95 bits per heavy atom. The minimum absolute atomic E-state index is 0.0444. The van der Waals surface area contributed by atoms with Gasteiger partial charge in [0, 0.05) is 18.3 Å². The lowest BCUT2D eigenvalue weighted by atomic mass is 10.2. The van der Waals surface area contributed by atoms with E-state index in [9.17, 15) is 8.78 Å². The molecule has 1 heterocycles. The van der Waals surface area contributed by atoms with Crippen LogP contribution in [0.3, 0.4) is 0 Å². The third kappa shape index (κ3) is 2.56. The molecule has 2 N–H and O–H groups in total. The zero-order chi connectivity index (χ0) is 13.4. The molecule has 0 saturated heterocycles. The number of nitrogens with two attached hydrogens (primary N) is 1. The average Bonchev–Trinajstić information content (AvgIpc) is 3.05. The largest absolute Gasteiger partial charge is 0.399 e. The van der Waals surface area contributed by atoms with Crippen molar-refractivity contribution in [3.63, 3.8) is 0 Å². The van der Waals surface area contributed by atoms with Gasteiger partial charge in [0.15, 0.2) is 11.6 Å². The Balaban J connectivity index is 1.96. The zero-order valence-corrected chi connectivity index (χ0v) is 11.1. The lowest BCUT2D eigenvalue weighted by Crippen LogP contribution is -2.27. The van der Waals surface area contributed by atoms with Gasteiger partial charge in [-0.1, -0.05) is 0 Å². The molecule has 1 aromatic carbocycles. The molecule has 2 nitrogen and oxygen atoms in total. The van der Waals surface area contributed by atoms with E-state index >= 15 is 0 Å². The number of rotatable bonds is 4. The predicted molar refractivity (Wildman–Crippen MR) is 74.3 cm³/mol. The summed E-state index contributed by atoms with van der Waals surface area (Å²) in [5.41, 5.74) is 6.70. The molecule has 0 bridgehead atoms. The molecule has 1 aliphatic rings. The highest BCUT2D eigenvalue weighted by atomic mass is 32.1. The summed E-state index contributed by atoms with van der Waals surface area (Å²) in [5.74, 6) is -1.17. The third-order valence-corrected chi connectivity index (χ3v) is 3.98. The summed E-state index contributed by atoms with van der Waals surface area (Å²) >= 11 is 1.59. The van der Waals surface area contributed by atoms with E-state index in [1.807, 2.05) is 21.7 Å². The highest BCUT2D eigenvalue weighted by molar-refractivity contribution is 7.07. The Bertz CT molecular complexity index is 556.